The molecule has 23 heavy (non-hydrogen) atoms. The summed E-state index contributed by atoms with van der Waals surface area (Å²) in [7, 11) is 0. The van der Waals surface area contributed by atoms with E-state index in [1.807, 2.05) is 24.3 Å². The fourth-order valence-corrected chi connectivity index (χ4v) is 3.21. The van der Waals surface area contributed by atoms with E-state index in [1.165, 1.54) is 6.21 Å². The van der Waals surface area contributed by atoms with E-state index in [1.54, 1.807) is 12.1 Å². The largest absolute Gasteiger partial charge is 0.506 e. The Labute approximate surface area is 164 Å². The Hall–Kier alpha value is -1.13. The molecule has 8 heteroatoms. The highest BCUT2D eigenvalue weighted by molar-refractivity contribution is 14.1. The highest BCUT2D eigenvalue weighted by atomic mass is 127. The summed E-state index contributed by atoms with van der Waals surface area (Å²) in [5.74, 6) is -0.135. The van der Waals surface area contributed by atoms with Gasteiger partial charge in [0, 0.05) is 9.26 Å². The van der Waals surface area contributed by atoms with E-state index in [9.17, 15) is 9.90 Å². The minimum atomic E-state index is -0.253. The van der Waals surface area contributed by atoms with Crippen molar-refractivity contribution in [1.82, 2.24) is 5.43 Å². The van der Waals surface area contributed by atoms with Crippen LogP contribution in [0.15, 0.2) is 50.4 Å². The molecule has 0 radical (unpaired) electrons. The molecule has 0 saturated heterocycles. The molecular formula is C15H12Br2IN3O2. The Morgan fingerprint density at radius 2 is 1.83 bits per heavy atom. The number of hydrazone groups is 1. The Bertz CT molecular complexity index is 713. The number of anilines is 1. The molecule has 0 aliphatic carbocycles. The molecule has 0 aliphatic rings. The van der Waals surface area contributed by atoms with Crippen molar-refractivity contribution in [2.45, 2.75) is 0 Å². The Morgan fingerprint density at radius 3 is 2.43 bits per heavy atom. The van der Waals surface area contributed by atoms with Crippen LogP contribution < -0.4 is 10.7 Å². The second-order valence-electron chi connectivity index (χ2n) is 4.49. The summed E-state index contributed by atoms with van der Waals surface area (Å²) in [5, 5.41) is 16.5. The first kappa shape index (κ1) is 18.2. The molecule has 0 atom stereocenters. The molecule has 0 saturated carbocycles. The fourth-order valence-electron chi connectivity index (χ4n) is 1.63. The van der Waals surface area contributed by atoms with Crippen LogP contribution in [0.5, 0.6) is 5.75 Å². The minimum Gasteiger partial charge on any atom is -0.506 e. The number of hydrogen-bond donors (Lipinski definition) is 3. The van der Waals surface area contributed by atoms with Crippen molar-refractivity contribution in [2.75, 3.05) is 11.9 Å². The number of aromatic hydroxyl groups is 1. The lowest BCUT2D eigenvalue weighted by molar-refractivity contribution is -0.119. The number of carbonyl (C=O) groups is 1. The molecule has 0 spiro atoms. The number of phenols is 1. The van der Waals surface area contributed by atoms with Crippen molar-refractivity contribution in [2.24, 2.45) is 5.10 Å². The van der Waals surface area contributed by atoms with Gasteiger partial charge in [0.05, 0.1) is 21.7 Å². The van der Waals surface area contributed by atoms with Crippen LogP contribution in [0.3, 0.4) is 0 Å². The lowest BCUT2D eigenvalue weighted by Crippen LogP contribution is -2.25. The van der Waals surface area contributed by atoms with E-state index in [0.717, 1.165) is 14.8 Å². The second-order valence-corrected chi connectivity index (χ2v) is 7.44. The van der Waals surface area contributed by atoms with Crippen LogP contribution in [0.4, 0.5) is 5.69 Å². The second kappa shape index (κ2) is 8.65. The van der Waals surface area contributed by atoms with Crippen molar-refractivity contribution in [1.29, 1.82) is 0 Å². The van der Waals surface area contributed by atoms with Crippen LogP contribution in [0.1, 0.15) is 5.56 Å². The smallest absolute Gasteiger partial charge is 0.259 e. The Kier molecular flexibility index (Phi) is 6.85. The molecule has 0 unspecified atom stereocenters. The fraction of sp³-hybridized carbons (Fsp3) is 0.0667. The zero-order valence-electron chi connectivity index (χ0n) is 11.7. The van der Waals surface area contributed by atoms with Gasteiger partial charge in [-0.3, -0.25) is 4.79 Å². The van der Waals surface area contributed by atoms with E-state index in [2.05, 4.69) is 70.3 Å². The highest BCUT2D eigenvalue weighted by Crippen LogP contribution is 2.32. The topological polar surface area (TPSA) is 73.7 Å². The molecular weight excluding hydrogens is 541 g/mol. The third kappa shape index (κ3) is 5.78. The molecule has 120 valence electrons. The van der Waals surface area contributed by atoms with Crippen molar-refractivity contribution in [3.63, 3.8) is 0 Å². The maximum absolute atomic E-state index is 11.7. The Morgan fingerprint density at radius 1 is 1.22 bits per heavy atom. The standard InChI is InChI=1S/C15H12Br2IN3O2/c16-12-5-9(6-13(17)15(12)23)7-20-21-14(22)8-19-11-3-1-10(18)2-4-11/h1-7,19,23H,8H2,(H,21,22)/b20-7+. The van der Waals surface area contributed by atoms with Gasteiger partial charge >= 0.3 is 0 Å². The maximum Gasteiger partial charge on any atom is 0.259 e. The third-order valence-electron chi connectivity index (χ3n) is 2.74. The zero-order chi connectivity index (χ0) is 16.8. The number of amides is 1. The van der Waals surface area contributed by atoms with Gasteiger partial charge in [-0.25, -0.2) is 5.43 Å². The summed E-state index contributed by atoms with van der Waals surface area (Å²) in [6.45, 7) is 0.126. The third-order valence-corrected chi connectivity index (χ3v) is 4.67. The van der Waals surface area contributed by atoms with Crippen LogP contribution in [0.2, 0.25) is 0 Å². The summed E-state index contributed by atoms with van der Waals surface area (Å²) >= 11 is 8.69. The van der Waals surface area contributed by atoms with E-state index in [4.69, 9.17) is 0 Å². The average molecular weight is 553 g/mol. The first-order chi connectivity index (χ1) is 11.0. The summed E-state index contributed by atoms with van der Waals surface area (Å²) < 4.78 is 2.22. The first-order valence-electron chi connectivity index (χ1n) is 6.45. The van der Waals surface area contributed by atoms with Crippen LogP contribution >= 0.6 is 54.5 Å². The monoisotopic (exact) mass is 551 g/mol. The predicted octanol–water partition coefficient (Wildman–Crippen LogP) is 4.08. The lowest BCUT2D eigenvalue weighted by Gasteiger charge is -2.05. The Balaban J connectivity index is 1.85. The highest BCUT2D eigenvalue weighted by Gasteiger charge is 2.04. The first-order valence-corrected chi connectivity index (χ1v) is 9.11. The molecule has 0 heterocycles. The predicted molar refractivity (Wildman–Crippen MR) is 107 cm³/mol. The quantitative estimate of drug-likeness (QED) is 0.297. The van der Waals surface area contributed by atoms with Crippen molar-refractivity contribution < 1.29 is 9.90 Å². The number of rotatable bonds is 5. The van der Waals surface area contributed by atoms with E-state index < -0.39 is 0 Å². The SMILES string of the molecule is O=C(CNc1ccc(I)cc1)N/N=C/c1cc(Br)c(O)c(Br)c1. The van der Waals surface area contributed by atoms with Crippen LogP contribution in [0, 0.1) is 3.57 Å². The summed E-state index contributed by atoms with van der Waals surface area (Å²) in [6, 6.07) is 11.1. The number of nitrogens with zero attached hydrogens (tertiary/aromatic N) is 1. The van der Waals surface area contributed by atoms with E-state index in [-0.39, 0.29) is 18.2 Å². The summed E-state index contributed by atoms with van der Waals surface area (Å²) in [4.78, 5) is 11.7. The molecule has 0 bridgehead atoms. The number of phenolic OH excluding ortho intramolecular Hbond substituents is 1. The molecule has 3 N–H and O–H groups in total. The molecule has 0 fully saturated rings. The van der Waals surface area contributed by atoms with Gasteiger partial charge in [0.25, 0.3) is 5.91 Å². The number of benzene rings is 2. The van der Waals surface area contributed by atoms with Gasteiger partial charge < -0.3 is 10.4 Å². The summed E-state index contributed by atoms with van der Waals surface area (Å²) in [5.41, 5.74) is 4.04. The lowest BCUT2D eigenvalue weighted by atomic mass is 10.2. The van der Waals surface area contributed by atoms with Crippen molar-refractivity contribution in [3.05, 3.63) is 54.5 Å². The number of nitrogens with one attached hydrogen (secondary N) is 2. The van der Waals surface area contributed by atoms with Gasteiger partial charge in [-0.05, 0) is 96.4 Å². The van der Waals surface area contributed by atoms with Gasteiger partial charge in [0.1, 0.15) is 5.75 Å². The minimum absolute atomic E-state index is 0.118. The maximum atomic E-state index is 11.7. The molecule has 0 aromatic heterocycles. The molecule has 5 nitrogen and oxygen atoms in total. The van der Waals surface area contributed by atoms with Crippen LogP contribution in [0.25, 0.3) is 0 Å². The van der Waals surface area contributed by atoms with Crippen LogP contribution in [-0.4, -0.2) is 23.8 Å². The molecule has 2 aromatic carbocycles. The summed E-state index contributed by atoms with van der Waals surface area (Å²) in [6.07, 6.45) is 1.50. The number of hydrogen-bond acceptors (Lipinski definition) is 4. The van der Waals surface area contributed by atoms with E-state index >= 15 is 0 Å². The van der Waals surface area contributed by atoms with E-state index in [0.29, 0.717) is 8.95 Å². The average Bonchev–Trinajstić information content (AvgIpc) is 2.52. The van der Waals surface area contributed by atoms with Crippen molar-refractivity contribution in [3.8, 4) is 5.75 Å². The molecule has 2 aromatic rings. The van der Waals surface area contributed by atoms with Gasteiger partial charge in [-0.1, -0.05) is 0 Å². The number of carbonyl (C=O) groups excluding carboxylic acids is 1. The van der Waals surface area contributed by atoms with Gasteiger partial charge in [-0.2, -0.15) is 5.10 Å². The normalized spacial score (nSPS) is 10.7. The molecule has 0 aliphatic heterocycles. The van der Waals surface area contributed by atoms with Crippen LogP contribution in [-0.2, 0) is 4.79 Å². The molecule has 1 amide bonds. The molecule has 2 rings (SSSR count). The van der Waals surface area contributed by atoms with Gasteiger partial charge in [0.15, 0.2) is 0 Å². The van der Waals surface area contributed by atoms with Gasteiger partial charge in [-0.15, -0.1) is 0 Å². The van der Waals surface area contributed by atoms with Gasteiger partial charge in [0.2, 0.25) is 0 Å². The zero-order valence-corrected chi connectivity index (χ0v) is 17.0. The van der Waals surface area contributed by atoms with Crippen molar-refractivity contribution >= 4 is 72.3 Å². The number of halogens is 3.